The van der Waals surface area contributed by atoms with Crippen LogP contribution in [0.1, 0.15) is 64.0 Å². The summed E-state index contributed by atoms with van der Waals surface area (Å²) in [6.07, 6.45) is 3.58. The highest BCUT2D eigenvalue weighted by Gasteiger charge is 2.30. The number of unbranched alkanes of at least 4 members (excludes halogenated alkanes) is 2. The number of aryl methyl sites for hydroxylation is 1. The molecule has 1 aromatic heterocycles. The van der Waals surface area contributed by atoms with Crippen LogP contribution in [0.4, 0.5) is 13.2 Å². The van der Waals surface area contributed by atoms with E-state index in [0.29, 0.717) is 5.52 Å². The molecule has 30 heavy (non-hydrogen) atoms. The third-order valence-electron chi connectivity index (χ3n) is 5.73. The molecule has 5 heteroatoms. The van der Waals surface area contributed by atoms with E-state index in [1.807, 2.05) is 6.07 Å². The number of fused-ring (bicyclic) bond motifs is 1. The third kappa shape index (κ3) is 7.42. The Morgan fingerprint density at radius 1 is 1.00 bits per heavy atom. The smallest absolute Gasteiger partial charge is 0.306 e. The van der Waals surface area contributed by atoms with Crippen molar-refractivity contribution in [2.45, 2.75) is 65.5 Å². The van der Waals surface area contributed by atoms with Gasteiger partial charge in [-0.1, -0.05) is 45.4 Å². The predicted molar refractivity (Wildman–Crippen MR) is 120 cm³/mol. The van der Waals surface area contributed by atoms with Gasteiger partial charge in [0.05, 0.1) is 11.1 Å². The summed E-state index contributed by atoms with van der Waals surface area (Å²) in [5, 5.41) is 0.821. The fraction of sp³-hybridized carbons (Fsp3) is 0.560. The Morgan fingerprint density at radius 3 is 2.37 bits per heavy atom. The van der Waals surface area contributed by atoms with E-state index < -0.39 is 11.7 Å². The number of hydrogen-bond acceptors (Lipinski definition) is 2. The van der Waals surface area contributed by atoms with Crippen molar-refractivity contribution in [3.63, 3.8) is 0 Å². The summed E-state index contributed by atoms with van der Waals surface area (Å²) in [4.78, 5) is 6.50. The standard InChI is InChI=1S/C25H35F3N2/c1-19(24(2,3)4)10-9-17-30(5)16-8-6-7-11-20-14-15-29-23-18-21(25(26,27)28)12-13-22(20)23/h12-15,18H,1,6-11,16-17H2,2-5H3. The summed E-state index contributed by atoms with van der Waals surface area (Å²) in [6, 6.07) is 5.77. The predicted octanol–water partition coefficient (Wildman–Crippen LogP) is 7.28. The second kappa shape index (κ2) is 10.4. The lowest BCUT2D eigenvalue weighted by atomic mass is 9.85. The van der Waals surface area contributed by atoms with Crippen LogP contribution in [0.2, 0.25) is 0 Å². The minimum absolute atomic E-state index is 0.185. The Morgan fingerprint density at radius 2 is 1.70 bits per heavy atom. The topological polar surface area (TPSA) is 16.1 Å². The Kier molecular flexibility index (Phi) is 8.48. The monoisotopic (exact) mass is 420 g/mol. The number of benzene rings is 1. The maximum atomic E-state index is 12.9. The SMILES string of the molecule is C=C(CCCN(C)CCCCCc1ccnc2cc(C(F)(F)F)ccc12)C(C)(C)C. The van der Waals surface area contributed by atoms with Crippen LogP contribution in [0.25, 0.3) is 10.9 Å². The molecule has 166 valence electrons. The van der Waals surface area contributed by atoms with E-state index in [1.54, 1.807) is 12.3 Å². The van der Waals surface area contributed by atoms with Crippen molar-refractivity contribution < 1.29 is 13.2 Å². The van der Waals surface area contributed by atoms with E-state index in [1.165, 1.54) is 5.57 Å². The molecule has 0 fully saturated rings. The maximum absolute atomic E-state index is 12.9. The summed E-state index contributed by atoms with van der Waals surface area (Å²) in [5.41, 5.74) is 2.34. The molecule has 2 aromatic rings. The molecule has 0 bridgehead atoms. The van der Waals surface area contributed by atoms with Gasteiger partial charge in [0.2, 0.25) is 0 Å². The molecular weight excluding hydrogens is 385 g/mol. The number of aromatic nitrogens is 1. The first-order chi connectivity index (χ1) is 14.0. The van der Waals surface area contributed by atoms with Gasteiger partial charge in [-0.05, 0) is 81.4 Å². The molecule has 2 nitrogen and oxygen atoms in total. The number of allylic oxidation sites excluding steroid dienone is 1. The van der Waals surface area contributed by atoms with Crippen LogP contribution in [-0.4, -0.2) is 30.0 Å². The van der Waals surface area contributed by atoms with Gasteiger partial charge in [-0.15, -0.1) is 0 Å². The number of nitrogens with zero attached hydrogens (tertiary/aromatic N) is 2. The molecule has 0 amide bonds. The molecule has 0 aliphatic rings. The maximum Gasteiger partial charge on any atom is 0.416 e. The van der Waals surface area contributed by atoms with Gasteiger partial charge < -0.3 is 4.90 Å². The fourth-order valence-electron chi connectivity index (χ4n) is 3.52. The lowest BCUT2D eigenvalue weighted by Crippen LogP contribution is -2.21. The summed E-state index contributed by atoms with van der Waals surface area (Å²) >= 11 is 0. The summed E-state index contributed by atoms with van der Waals surface area (Å²) in [5.74, 6) is 0. The lowest BCUT2D eigenvalue weighted by molar-refractivity contribution is -0.137. The molecule has 2 rings (SSSR count). The summed E-state index contributed by atoms with van der Waals surface area (Å²) in [7, 11) is 2.16. The van der Waals surface area contributed by atoms with Crippen molar-refractivity contribution in [2.24, 2.45) is 5.41 Å². The van der Waals surface area contributed by atoms with Crippen LogP contribution in [0.3, 0.4) is 0 Å². The first kappa shape index (κ1) is 24.4. The van der Waals surface area contributed by atoms with Crippen LogP contribution < -0.4 is 0 Å². The molecule has 0 atom stereocenters. The zero-order chi connectivity index (χ0) is 22.4. The molecule has 0 aliphatic carbocycles. The number of rotatable bonds is 10. The summed E-state index contributed by atoms with van der Waals surface area (Å²) in [6.45, 7) is 13.0. The number of hydrogen-bond donors (Lipinski definition) is 0. The Hall–Kier alpha value is -1.88. The average Bonchev–Trinajstić information content (AvgIpc) is 2.65. The quantitative estimate of drug-likeness (QED) is 0.296. The fourth-order valence-corrected chi connectivity index (χ4v) is 3.52. The average molecular weight is 421 g/mol. The molecule has 0 radical (unpaired) electrons. The lowest BCUT2D eigenvalue weighted by Gasteiger charge is -2.23. The van der Waals surface area contributed by atoms with Crippen LogP contribution >= 0.6 is 0 Å². The minimum atomic E-state index is -4.34. The summed E-state index contributed by atoms with van der Waals surface area (Å²) < 4.78 is 38.7. The molecule has 1 heterocycles. The number of halogens is 3. The zero-order valence-electron chi connectivity index (χ0n) is 18.8. The third-order valence-corrected chi connectivity index (χ3v) is 5.73. The van der Waals surface area contributed by atoms with Gasteiger partial charge in [-0.25, -0.2) is 0 Å². The van der Waals surface area contributed by atoms with Crippen LogP contribution in [-0.2, 0) is 12.6 Å². The van der Waals surface area contributed by atoms with Gasteiger partial charge >= 0.3 is 6.18 Å². The highest BCUT2D eigenvalue weighted by Crippen LogP contribution is 2.32. The second-order valence-corrected chi connectivity index (χ2v) is 9.27. The number of pyridine rings is 1. The Labute approximate surface area is 179 Å². The molecule has 1 aromatic carbocycles. The van der Waals surface area contributed by atoms with Gasteiger partial charge in [-0.3, -0.25) is 4.98 Å². The van der Waals surface area contributed by atoms with Crippen molar-refractivity contribution in [1.29, 1.82) is 0 Å². The largest absolute Gasteiger partial charge is 0.416 e. The van der Waals surface area contributed by atoms with Gasteiger partial charge in [0.15, 0.2) is 0 Å². The number of alkyl halides is 3. The first-order valence-corrected chi connectivity index (χ1v) is 10.8. The highest BCUT2D eigenvalue weighted by atomic mass is 19.4. The normalized spacial score (nSPS) is 12.7. The molecule has 0 N–H and O–H groups in total. The minimum Gasteiger partial charge on any atom is -0.306 e. The van der Waals surface area contributed by atoms with E-state index in [4.69, 9.17) is 0 Å². The van der Waals surface area contributed by atoms with Crippen molar-refractivity contribution in [1.82, 2.24) is 9.88 Å². The van der Waals surface area contributed by atoms with Crippen molar-refractivity contribution in [3.05, 3.63) is 53.7 Å². The Balaban J connectivity index is 1.74. The van der Waals surface area contributed by atoms with Crippen molar-refractivity contribution in [3.8, 4) is 0 Å². The molecular formula is C25H35F3N2. The van der Waals surface area contributed by atoms with Gasteiger partial charge in [0, 0.05) is 11.6 Å². The molecule has 0 saturated carbocycles. The van der Waals surface area contributed by atoms with Crippen LogP contribution in [0.5, 0.6) is 0 Å². The van der Waals surface area contributed by atoms with E-state index in [9.17, 15) is 13.2 Å². The molecule has 0 spiro atoms. The molecule has 0 saturated heterocycles. The van der Waals surface area contributed by atoms with E-state index >= 15 is 0 Å². The zero-order valence-corrected chi connectivity index (χ0v) is 18.8. The van der Waals surface area contributed by atoms with Crippen molar-refractivity contribution in [2.75, 3.05) is 20.1 Å². The Bertz CT molecular complexity index is 834. The van der Waals surface area contributed by atoms with E-state index in [0.717, 1.165) is 74.7 Å². The molecule has 0 unspecified atom stereocenters. The van der Waals surface area contributed by atoms with Gasteiger partial charge in [-0.2, -0.15) is 13.2 Å². The van der Waals surface area contributed by atoms with Gasteiger partial charge in [0.25, 0.3) is 0 Å². The second-order valence-electron chi connectivity index (χ2n) is 9.27. The van der Waals surface area contributed by atoms with Crippen LogP contribution in [0, 0.1) is 5.41 Å². The van der Waals surface area contributed by atoms with E-state index in [-0.39, 0.29) is 5.41 Å². The highest BCUT2D eigenvalue weighted by molar-refractivity contribution is 5.82. The van der Waals surface area contributed by atoms with Gasteiger partial charge in [0.1, 0.15) is 0 Å². The van der Waals surface area contributed by atoms with Crippen LogP contribution in [0.15, 0.2) is 42.6 Å². The molecule has 0 aliphatic heterocycles. The first-order valence-electron chi connectivity index (χ1n) is 10.8. The van der Waals surface area contributed by atoms with E-state index in [2.05, 4.69) is 44.3 Å². The van der Waals surface area contributed by atoms with Crippen molar-refractivity contribution >= 4 is 10.9 Å².